The van der Waals surface area contributed by atoms with Crippen LogP contribution in [0.15, 0.2) is 36.4 Å². The first kappa shape index (κ1) is 14.9. The molecule has 0 saturated heterocycles. The Morgan fingerprint density at radius 2 is 1.70 bits per heavy atom. The van der Waals surface area contributed by atoms with E-state index in [-0.39, 0.29) is 10.7 Å². The Labute approximate surface area is 130 Å². The third kappa shape index (κ3) is 3.33. The summed E-state index contributed by atoms with van der Waals surface area (Å²) in [6.07, 6.45) is 0. The van der Waals surface area contributed by atoms with Gasteiger partial charge in [0.1, 0.15) is 5.02 Å². The normalized spacial score (nSPS) is 10.3. The SMILES string of the molecule is O=[N+]([O-])c1cc(NCc2c(Cl)cccc2Cl)ccc1Cl. The lowest BCUT2D eigenvalue weighted by Crippen LogP contribution is -2.01. The van der Waals surface area contributed by atoms with Gasteiger partial charge in [-0.1, -0.05) is 40.9 Å². The Morgan fingerprint density at radius 1 is 1.05 bits per heavy atom. The van der Waals surface area contributed by atoms with Gasteiger partial charge in [0, 0.05) is 33.9 Å². The fourth-order valence-corrected chi connectivity index (χ4v) is 2.37. The van der Waals surface area contributed by atoms with E-state index in [1.807, 2.05) is 0 Å². The van der Waals surface area contributed by atoms with Crippen LogP contribution in [0.5, 0.6) is 0 Å². The molecule has 0 amide bonds. The summed E-state index contributed by atoms with van der Waals surface area (Å²) in [4.78, 5) is 10.3. The molecule has 20 heavy (non-hydrogen) atoms. The molecule has 2 aromatic rings. The van der Waals surface area contributed by atoms with E-state index in [9.17, 15) is 10.1 Å². The molecule has 0 fully saturated rings. The molecule has 0 aromatic heterocycles. The monoisotopic (exact) mass is 330 g/mol. The molecule has 0 spiro atoms. The van der Waals surface area contributed by atoms with E-state index in [1.54, 1.807) is 24.3 Å². The van der Waals surface area contributed by atoms with E-state index >= 15 is 0 Å². The van der Waals surface area contributed by atoms with Gasteiger partial charge < -0.3 is 5.32 Å². The van der Waals surface area contributed by atoms with Gasteiger partial charge in [0.15, 0.2) is 0 Å². The first-order valence-corrected chi connectivity index (χ1v) is 6.73. The summed E-state index contributed by atoms with van der Waals surface area (Å²) in [5, 5.41) is 15.0. The molecule has 0 saturated carbocycles. The van der Waals surface area contributed by atoms with E-state index in [0.717, 1.165) is 5.56 Å². The van der Waals surface area contributed by atoms with Gasteiger partial charge in [-0.2, -0.15) is 0 Å². The number of hydrogen-bond donors (Lipinski definition) is 1. The van der Waals surface area contributed by atoms with Gasteiger partial charge in [-0.3, -0.25) is 10.1 Å². The summed E-state index contributed by atoms with van der Waals surface area (Å²) in [5.74, 6) is 0. The molecule has 104 valence electrons. The standard InChI is InChI=1S/C13H9Cl3N2O2/c14-10-2-1-3-11(15)9(10)7-17-8-4-5-12(16)13(6-8)18(19)20/h1-6,17H,7H2. The van der Waals surface area contributed by atoms with Gasteiger partial charge in [0.25, 0.3) is 5.69 Å². The van der Waals surface area contributed by atoms with E-state index in [1.165, 1.54) is 12.1 Å². The largest absolute Gasteiger partial charge is 0.381 e. The van der Waals surface area contributed by atoms with Crippen molar-refractivity contribution in [2.45, 2.75) is 6.54 Å². The molecule has 0 aliphatic carbocycles. The van der Waals surface area contributed by atoms with E-state index in [4.69, 9.17) is 34.8 Å². The highest BCUT2D eigenvalue weighted by Gasteiger charge is 2.13. The minimum atomic E-state index is -0.532. The maximum atomic E-state index is 10.8. The summed E-state index contributed by atoms with van der Waals surface area (Å²) >= 11 is 17.8. The zero-order valence-corrected chi connectivity index (χ0v) is 12.3. The first-order chi connectivity index (χ1) is 9.49. The number of nitrogens with one attached hydrogen (secondary N) is 1. The van der Waals surface area contributed by atoms with Crippen molar-refractivity contribution in [1.29, 1.82) is 0 Å². The van der Waals surface area contributed by atoms with Crippen LogP contribution < -0.4 is 5.32 Å². The van der Waals surface area contributed by atoms with Crippen molar-refractivity contribution >= 4 is 46.2 Å². The second kappa shape index (κ2) is 6.31. The van der Waals surface area contributed by atoms with Crippen LogP contribution in [0.4, 0.5) is 11.4 Å². The number of nitrogens with zero attached hydrogens (tertiary/aromatic N) is 1. The highest BCUT2D eigenvalue weighted by Crippen LogP contribution is 2.29. The average Bonchev–Trinajstić information content (AvgIpc) is 2.39. The smallest absolute Gasteiger partial charge is 0.289 e. The first-order valence-electron chi connectivity index (χ1n) is 5.59. The van der Waals surface area contributed by atoms with Crippen LogP contribution in [0, 0.1) is 10.1 Å². The van der Waals surface area contributed by atoms with Crippen LogP contribution in [-0.2, 0) is 6.54 Å². The van der Waals surface area contributed by atoms with Gasteiger partial charge in [0.05, 0.1) is 4.92 Å². The quantitative estimate of drug-likeness (QED) is 0.621. The van der Waals surface area contributed by atoms with Gasteiger partial charge in [-0.05, 0) is 24.3 Å². The summed E-state index contributed by atoms with van der Waals surface area (Å²) in [6.45, 7) is 0.358. The summed E-state index contributed by atoms with van der Waals surface area (Å²) in [5.41, 5.74) is 1.15. The van der Waals surface area contributed by atoms with Crippen LogP contribution in [0.2, 0.25) is 15.1 Å². The molecule has 0 aliphatic rings. The Kier molecular flexibility index (Phi) is 4.70. The zero-order chi connectivity index (χ0) is 14.7. The number of halogens is 3. The van der Waals surface area contributed by atoms with Crippen molar-refractivity contribution in [2.75, 3.05) is 5.32 Å². The maximum Gasteiger partial charge on any atom is 0.289 e. The Morgan fingerprint density at radius 3 is 2.30 bits per heavy atom. The van der Waals surface area contributed by atoms with Crippen LogP contribution in [-0.4, -0.2) is 4.92 Å². The number of nitro groups is 1. The molecule has 0 aliphatic heterocycles. The fourth-order valence-electron chi connectivity index (χ4n) is 1.65. The topological polar surface area (TPSA) is 55.2 Å². The van der Waals surface area contributed by atoms with Crippen LogP contribution in [0.1, 0.15) is 5.56 Å². The molecule has 1 N–H and O–H groups in total. The third-order valence-corrected chi connectivity index (χ3v) is 3.70. The summed E-state index contributed by atoms with van der Waals surface area (Å²) in [6, 6.07) is 9.70. The third-order valence-electron chi connectivity index (χ3n) is 2.67. The molecular weight excluding hydrogens is 323 g/mol. The van der Waals surface area contributed by atoms with Crippen molar-refractivity contribution in [1.82, 2.24) is 0 Å². The number of benzene rings is 2. The number of hydrogen-bond acceptors (Lipinski definition) is 3. The zero-order valence-electron chi connectivity index (χ0n) is 10.1. The summed E-state index contributed by atoms with van der Waals surface area (Å²) in [7, 11) is 0. The van der Waals surface area contributed by atoms with Crippen LogP contribution in [0.3, 0.4) is 0 Å². The molecule has 2 rings (SSSR count). The van der Waals surface area contributed by atoms with Crippen LogP contribution >= 0.6 is 34.8 Å². The molecule has 0 atom stereocenters. The molecule has 4 nitrogen and oxygen atoms in total. The molecule has 2 aromatic carbocycles. The number of anilines is 1. The van der Waals surface area contributed by atoms with Gasteiger partial charge in [-0.25, -0.2) is 0 Å². The van der Waals surface area contributed by atoms with E-state index in [0.29, 0.717) is 22.3 Å². The minimum absolute atomic E-state index is 0.0938. The number of nitro benzene ring substituents is 1. The van der Waals surface area contributed by atoms with Gasteiger partial charge in [-0.15, -0.1) is 0 Å². The minimum Gasteiger partial charge on any atom is -0.381 e. The molecule has 7 heteroatoms. The molecule has 0 heterocycles. The molecule has 0 radical (unpaired) electrons. The van der Waals surface area contributed by atoms with E-state index < -0.39 is 4.92 Å². The Hall–Kier alpha value is -1.49. The number of rotatable bonds is 4. The second-order valence-corrected chi connectivity index (χ2v) is 5.20. The van der Waals surface area contributed by atoms with Crippen molar-refractivity contribution in [3.05, 3.63) is 67.1 Å². The highest BCUT2D eigenvalue weighted by molar-refractivity contribution is 6.36. The average molecular weight is 332 g/mol. The van der Waals surface area contributed by atoms with Crippen molar-refractivity contribution < 1.29 is 4.92 Å². The van der Waals surface area contributed by atoms with E-state index in [2.05, 4.69) is 5.32 Å². The highest BCUT2D eigenvalue weighted by atomic mass is 35.5. The lowest BCUT2D eigenvalue weighted by Gasteiger charge is -2.10. The molecule has 0 bridgehead atoms. The molecule has 0 unspecified atom stereocenters. The fraction of sp³-hybridized carbons (Fsp3) is 0.0769. The second-order valence-electron chi connectivity index (χ2n) is 3.98. The predicted molar refractivity (Wildman–Crippen MR) is 81.9 cm³/mol. The van der Waals surface area contributed by atoms with Gasteiger partial charge in [0.2, 0.25) is 0 Å². The maximum absolute atomic E-state index is 10.8. The van der Waals surface area contributed by atoms with Crippen LogP contribution in [0.25, 0.3) is 0 Å². The van der Waals surface area contributed by atoms with Crippen molar-refractivity contribution in [3.63, 3.8) is 0 Å². The Bertz CT molecular complexity index is 642. The van der Waals surface area contributed by atoms with Gasteiger partial charge >= 0.3 is 0 Å². The lowest BCUT2D eigenvalue weighted by molar-refractivity contribution is -0.384. The Balaban J connectivity index is 2.19. The predicted octanol–water partition coefficient (Wildman–Crippen LogP) is 5.17. The lowest BCUT2D eigenvalue weighted by atomic mass is 10.2. The van der Waals surface area contributed by atoms with Crippen molar-refractivity contribution in [2.24, 2.45) is 0 Å². The molecular formula is C13H9Cl3N2O2. The van der Waals surface area contributed by atoms with Crippen molar-refractivity contribution in [3.8, 4) is 0 Å². The summed E-state index contributed by atoms with van der Waals surface area (Å²) < 4.78 is 0.